The molecule has 0 aliphatic carbocycles. The second-order valence-electron chi connectivity index (χ2n) is 5.55. The van der Waals surface area contributed by atoms with Crippen LogP contribution in [0, 0.1) is 12.8 Å². The minimum Gasteiger partial charge on any atom is -0.478 e. The summed E-state index contributed by atoms with van der Waals surface area (Å²) in [6.07, 6.45) is 4.07. The molecular formula is C16H21NO2. The van der Waals surface area contributed by atoms with Gasteiger partial charge in [0.05, 0.1) is 0 Å². The average Bonchev–Trinajstić information content (AvgIpc) is 2.66. The first kappa shape index (κ1) is 13.7. The summed E-state index contributed by atoms with van der Waals surface area (Å²) in [6.45, 7) is 7.67. The number of carboxylic acid groups (broad SMARTS) is 1. The van der Waals surface area contributed by atoms with E-state index < -0.39 is 5.97 Å². The summed E-state index contributed by atoms with van der Waals surface area (Å²) < 4.78 is 0. The largest absolute Gasteiger partial charge is 0.478 e. The number of aryl methyl sites for hydroxylation is 1. The third kappa shape index (κ3) is 3.16. The Morgan fingerprint density at radius 3 is 2.68 bits per heavy atom. The summed E-state index contributed by atoms with van der Waals surface area (Å²) in [4.78, 5) is 13.0. The molecule has 0 bridgehead atoms. The van der Waals surface area contributed by atoms with Crippen molar-refractivity contribution in [3.05, 3.63) is 35.4 Å². The number of hydrogen-bond acceptors (Lipinski definition) is 2. The molecule has 1 aromatic rings. The van der Waals surface area contributed by atoms with E-state index in [0.717, 1.165) is 23.6 Å². The van der Waals surface area contributed by atoms with E-state index in [2.05, 4.69) is 30.9 Å². The average molecular weight is 259 g/mol. The Morgan fingerprint density at radius 1 is 1.42 bits per heavy atom. The van der Waals surface area contributed by atoms with E-state index >= 15 is 0 Å². The highest BCUT2D eigenvalue weighted by Gasteiger charge is 2.26. The van der Waals surface area contributed by atoms with Crippen LogP contribution in [0.1, 0.15) is 31.4 Å². The number of aliphatic carboxylic acids is 1. The molecule has 1 N–H and O–H groups in total. The lowest BCUT2D eigenvalue weighted by atomic mass is 10.1. The Balaban J connectivity index is 2.21. The van der Waals surface area contributed by atoms with Crippen molar-refractivity contribution >= 4 is 17.7 Å². The van der Waals surface area contributed by atoms with Gasteiger partial charge in [0.1, 0.15) is 0 Å². The molecule has 1 aromatic carbocycles. The van der Waals surface area contributed by atoms with Crippen molar-refractivity contribution in [2.75, 3.05) is 11.4 Å². The standard InChI is InChI=1S/C16H21NO2/c1-11-8-13(3)17(10-11)15-6-4-14(12(2)9-15)5-7-16(18)19/h4-7,9,11,13H,8,10H2,1-3H3,(H,18,19)/b7-5+. The van der Waals surface area contributed by atoms with Gasteiger partial charge in [-0.15, -0.1) is 0 Å². The maximum Gasteiger partial charge on any atom is 0.328 e. The molecule has 0 spiro atoms. The van der Waals surface area contributed by atoms with Crippen LogP contribution >= 0.6 is 0 Å². The first-order valence-corrected chi connectivity index (χ1v) is 6.75. The second kappa shape index (κ2) is 5.47. The predicted molar refractivity (Wildman–Crippen MR) is 78.4 cm³/mol. The quantitative estimate of drug-likeness (QED) is 0.846. The molecule has 19 heavy (non-hydrogen) atoms. The summed E-state index contributed by atoms with van der Waals surface area (Å²) in [5, 5.41) is 8.66. The molecule has 3 heteroatoms. The monoisotopic (exact) mass is 259 g/mol. The van der Waals surface area contributed by atoms with Crippen LogP contribution < -0.4 is 4.90 Å². The van der Waals surface area contributed by atoms with Crippen LogP contribution in [-0.4, -0.2) is 23.7 Å². The SMILES string of the molecule is Cc1cc(N2CC(C)CC2C)ccc1/C=C/C(=O)O. The minimum absolute atomic E-state index is 0.579. The van der Waals surface area contributed by atoms with Gasteiger partial charge in [-0.05, 0) is 55.5 Å². The van der Waals surface area contributed by atoms with Gasteiger partial charge in [-0.3, -0.25) is 0 Å². The molecule has 0 saturated carbocycles. The Morgan fingerprint density at radius 2 is 2.16 bits per heavy atom. The topological polar surface area (TPSA) is 40.5 Å². The third-order valence-electron chi connectivity index (χ3n) is 3.77. The highest BCUT2D eigenvalue weighted by atomic mass is 16.4. The molecule has 2 rings (SSSR count). The molecule has 0 radical (unpaired) electrons. The van der Waals surface area contributed by atoms with Crippen LogP contribution in [0.2, 0.25) is 0 Å². The van der Waals surface area contributed by atoms with Gasteiger partial charge in [0, 0.05) is 24.4 Å². The maximum absolute atomic E-state index is 10.5. The molecule has 0 aromatic heterocycles. The van der Waals surface area contributed by atoms with Gasteiger partial charge < -0.3 is 10.0 Å². The van der Waals surface area contributed by atoms with E-state index in [1.165, 1.54) is 18.2 Å². The fraction of sp³-hybridized carbons (Fsp3) is 0.438. The van der Waals surface area contributed by atoms with Crippen molar-refractivity contribution in [2.24, 2.45) is 5.92 Å². The molecule has 102 valence electrons. The number of carboxylic acids is 1. The van der Waals surface area contributed by atoms with E-state index in [9.17, 15) is 4.79 Å². The Kier molecular flexibility index (Phi) is 3.93. The number of rotatable bonds is 3. The van der Waals surface area contributed by atoms with E-state index in [1.807, 2.05) is 13.0 Å². The lowest BCUT2D eigenvalue weighted by Gasteiger charge is -2.24. The summed E-state index contributed by atoms with van der Waals surface area (Å²) in [7, 11) is 0. The van der Waals surface area contributed by atoms with E-state index in [1.54, 1.807) is 6.08 Å². The van der Waals surface area contributed by atoms with Crippen molar-refractivity contribution in [2.45, 2.75) is 33.2 Å². The lowest BCUT2D eigenvalue weighted by Crippen LogP contribution is -2.26. The van der Waals surface area contributed by atoms with Crippen molar-refractivity contribution < 1.29 is 9.90 Å². The minimum atomic E-state index is -0.912. The van der Waals surface area contributed by atoms with Gasteiger partial charge in [-0.2, -0.15) is 0 Å². The van der Waals surface area contributed by atoms with Crippen LogP contribution in [0.15, 0.2) is 24.3 Å². The molecule has 2 atom stereocenters. The number of anilines is 1. The highest BCUT2D eigenvalue weighted by molar-refractivity contribution is 5.85. The zero-order valence-electron chi connectivity index (χ0n) is 11.8. The van der Waals surface area contributed by atoms with Crippen LogP contribution in [-0.2, 0) is 4.79 Å². The van der Waals surface area contributed by atoms with Gasteiger partial charge in [0.15, 0.2) is 0 Å². The molecule has 1 saturated heterocycles. The zero-order valence-corrected chi connectivity index (χ0v) is 11.8. The third-order valence-corrected chi connectivity index (χ3v) is 3.77. The predicted octanol–water partition coefficient (Wildman–Crippen LogP) is 3.33. The fourth-order valence-corrected chi connectivity index (χ4v) is 2.85. The summed E-state index contributed by atoms with van der Waals surface area (Å²) in [5.74, 6) is -0.174. The van der Waals surface area contributed by atoms with Gasteiger partial charge in [0.2, 0.25) is 0 Å². The molecule has 1 aliphatic rings. The number of hydrogen-bond donors (Lipinski definition) is 1. The van der Waals surface area contributed by atoms with Crippen molar-refractivity contribution in [1.82, 2.24) is 0 Å². The van der Waals surface area contributed by atoms with Gasteiger partial charge in [-0.1, -0.05) is 13.0 Å². The van der Waals surface area contributed by atoms with E-state index in [4.69, 9.17) is 5.11 Å². The molecular weight excluding hydrogens is 238 g/mol. The molecule has 1 fully saturated rings. The van der Waals surface area contributed by atoms with Gasteiger partial charge in [0.25, 0.3) is 0 Å². The lowest BCUT2D eigenvalue weighted by molar-refractivity contribution is -0.131. The van der Waals surface area contributed by atoms with Crippen LogP contribution in [0.3, 0.4) is 0 Å². The summed E-state index contributed by atoms with van der Waals surface area (Å²) in [6, 6.07) is 6.81. The van der Waals surface area contributed by atoms with Crippen molar-refractivity contribution in [3.8, 4) is 0 Å². The van der Waals surface area contributed by atoms with Crippen LogP contribution in [0.4, 0.5) is 5.69 Å². The molecule has 1 aliphatic heterocycles. The maximum atomic E-state index is 10.5. The normalized spacial score (nSPS) is 23.2. The molecule has 0 amide bonds. The van der Waals surface area contributed by atoms with E-state index in [0.29, 0.717) is 6.04 Å². The summed E-state index contributed by atoms with van der Waals surface area (Å²) >= 11 is 0. The van der Waals surface area contributed by atoms with Gasteiger partial charge in [-0.25, -0.2) is 4.79 Å². The Labute approximate surface area is 114 Å². The van der Waals surface area contributed by atoms with E-state index in [-0.39, 0.29) is 0 Å². The number of carbonyl (C=O) groups is 1. The molecule has 1 heterocycles. The first-order chi connectivity index (χ1) is 8.97. The second-order valence-corrected chi connectivity index (χ2v) is 5.55. The fourth-order valence-electron chi connectivity index (χ4n) is 2.85. The van der Waals surface area contributed by atoms with Crippen LogP contribution in [0.25, 0.3) is 6.08 Å². The smallest absolute Gasteiger partial charge is 0.328 e. The molecule has 2 unspecified atom stereocenters. The Bertz CT molecular complexity index is 507. The molecule has 3 nitrogen and oxygen atoms in total. The van der Waals surface area contributed by atoms with Crippen LogP contribution in [0.5, 0.6) is 0 Å². The zero-order chi connectivity index (χ0) is 14.0. The Hall–Kier alpha value is -1.77. The first-order valence-electron chi connectivity index (χ1n) is 6.75. The van der Waals surface area contributed by atoms with Gasteiger partial charge >= 0.3 is 5.97 Å². The highest BCUT2D eigenvalue weighted by Crippen LogP contribution is 2.30. The van der Waals surface area contributed by atoms with Crippen molar-refractivity contribution in [3.63, 3.8) is 0 Å². The number of nitrogens with zero attached hydrogens (tertiary/aromatic N) is 1. The number of benzene rings is 1. The summed E-state index contributed by atoms with van der Waals surface area (Å²) in [5.41, 5.74) is 3.31. The van der Waals surface area contributed by atoms with Crippen molar-refractivity contribution in [1.29, 1.82) is 0 Å².